The number of hydrogen-bond acceptors (Lipinski definition) is 5. The summed E-state index contributed by atoms with van der Waals surface area (Å²) in [5.41, 5.74) is 6.83. The number of nitrogens with two attached hydrogens (primary N) is 1. The van der Waals surface area contributed by atoms with E-state index in [9.17, 15) is 9.59 Å². The van der Waals surface area contributed by atoms with Gasteiger partial charge in [-0.3, -0.25) is 15.1 Å². The highest BCUT2D eigenvalue weighted by atomic mass is 32.1. The number of primary amides is 1. The molecule has 0 fully saturated rings. The summed E-state index contributed by atoms with van der Waals surface area (Å²) < 4.78 is 0. The summed E-state index contributed by atoms with van der Waals surface area (Å²) in [6.07, 6.45) is 10.4. The Labute approximate surface area is 148 Å². The van der Waals surface area contributed by atoms with Crippen LogP contribution in [-0.2, 0) is 0 Å². The predicted molar refractivity (Wildman–Crippen MR) is 97.7 cm³/mol. The summed E-state index contributed by atoms with van der Waals surface area (Å²) in [6.45, 7) is 0. The molecule has 2 aromatic rings. The third kappa shape index (κ3) is 4.12. The first-order chi connectivity index (χ1) is 12.1. The fourth-order valence-electron chi connectivity index (χ4n) is 2.13. The molecule has 1 aliphatic heterocycles. The first-order valence-corrected chi connectivity index (χ1v) is 8.17. The van der Waals surface area contributed by atoms with Gasteiger partial charge in [0.05, 0.1) is 21.8 Å². The number of aromatic nitrogens is 1. The van der Waals surface area contributed by atoms with Gasteiger partial charge in [-0.1, -0.05) is 12.1 Å². The molecule has 1 aliphatic rings. The second-order valence-electron chi connectivity index (χ2n) is 5.00. The van der Waals surface area contributed by atoms with Gasteiger partial charge < -0.3 is 16.4 Å². The van der Waals surface area contributed by atoms with Crippen molar-refractivity contribution >= 4 is 28.3 Å². The van der Waals surface area contributed by atoms with E-state index in [1.54, 1.807) is 49.0 Å². The molecule has 0 aliphatic carbocycles. The van der Waals surface area contributed by atoms with Crippen molar-refractivity contribution in [2.75, 3.05) is 5.32 Å². The topological polar surface area (TPSA) is 109 Å². The average molecular weight is 353 g/mol. The van der Waals surface area contributed by atoms with Gasteiger partial charge in [-0.15, -0.1) is 11.3 Å². The number of nitrogens with one attached hydrogen (secondary N) is 3. The fraction of sp³-hybridized carbons (Fsp3) is 0. The molecule has 0 unspecified atom stereocenters. The molecule has 0 bridgehead atoms. The SMILES string of the molecule is NC(=O)Nc1sc(-c2ccccn2)cc1C(=O)NC1=CNC=CC=C1. The number of nitrogens with zero attached hydrogens (tertiary/aromatic N) is 1. The van der Waals surface area contributed by atoms with Gasteiger partial charge in [-0.25, -0.2) is 4.79 Å². The van der Waals surface area contributed by atoms with Crippen LogP contribution in [0.3, 0.4) is 0 Å². The molecule has 0 saturated carbocycles. The summed E-state index contributed by atoms with van der Waals surface area (Å²) in [7, 11) is 0. The Hall–Kier alpha value is -3.39. The van der Waals surface area contributed by atoms with E-state index in [4.69, 9.17) is 5.73 Å². The molecule has 7 nitrogen and oxygen atoms in total. The normalized spacial score (nSPS) is 12.7. The van der Waals surface area contributed by atoms with Crippen LogP contribution in [0.4, 0.5) is 9.80 Å². The van der Waals surface area contributed by atoms with Crippen molar-refractivity contribution in [1.82, 2.24) is 15.6 Å². The lowest BCUT2D eigenvalue weighted by atomic mass is 10.2. The number of carbonyl (C=O) groups excluding carboxylic acids is 2. The van der Waals surface area contributed by atoms with Gasteiger partial charge in [0, 0.05) is 18.6 Å². The number of amides is 3. The highest BCUT2D eigenvalue weighted by molar-refractivity contribution is 7.20. The summed E-state index contributed by atoms with van der Waals surface area (Å²) in [4.78, 5) is 28.9. The Morgan fingerprint density at radius 3 is 2.84 bits per heavy atom. The Bertz CT molecular complexity index is 884. The minimum atomic E-state index is -0.733. The molecular weight excluding hydrogens is 338 g/mol. The van der Waals surface area contributed by atoms with Crippen LogP contribution in [0, 0.1) is 0 Å². The van der Waals surface area contributed by atoms with Gasteiger partial charge in [0.1, 0.15) is 5.00 Å². The van der Waals surface area contributed by atoms with Crippen molar-refractivity contribution in [1.29, 1.82) is 0 Å². The third-order valence-corrected chi connectivity index (χ3v) is 4.28. The first kappa shape index (κ1) is 16.5. The molecule has 126 valence electrons. The van der Waals surface area contributed by atoms with Crippen molar-refractivity contribution in [3.8, 4) is 10.6 Å². The minimum Gasteiger partial charge on any atom is -0.366 e. The maximum atomic E-state index is 12.6. The van der Waals surface area contributed by atoms with Crippen LogP contribution in [0.1, 0.15) is 10.4 Å². The Morgan fingerprint density at radius 2 is 2.08 bits per heavy atom. The monoisotopic (exact) mass is 353 g/mol. The van der Waals surface area contributed by atoms with E-state index in [1.807, 2.05) is 12.1 Å². The van der Waals surface area contributed by atoms with Crippen LogP contribution in [0.2, 0.25) is 0 Å². The number of thiophene rings is 1. The number of urea groups is 1. The molecule has 25 heavy (non-hydrogen) atoms. The van der Waals surface area contributed by atoms with Crippen LogP contribution < -0.4 is 21.7 Å². The third-order valence-electron chi connectivity index (χ3n) is 3.21. The van der Waals surface area contributed by atoms with Crippen molar-refractivity contribution < 1.29 is 9.59 Å². The molecule has 3 rings (SSSR count). The fourth-order valence-corrected chi connectivity index (χ4v) is 3.17. The van der Waals surface area contributed by atoms with E-state index >= 15 is 0 Å². The lowest BCUT2D eigenvalue weighted by Crippen LogP contribution is -2.25. The molecule has 5 N–H and O–H groups in total. The zero-order valence-corrected chi connectivity index (χ0v) is 13.8. The summed E-state index contributed by atoms with van der Waals surface area (Å²) in [6, 6.07) is 6.43. The molecular formula is C17H15N5O2S. The van der Waals surface area contributed by atoms with Crippen LogP contribution in [-0.4, -0.2) is 16.9 Å². The van der Waals surface area contributed by atoms with Gasteiger partial charge in [0.2, 0.25) is 0 Å². The minimum absolute atomic E-state index is 0.316. The highest BCUT2D eigenvalue weighted by Gasteiger charge is 2.19. The first-order valence-electron chi connectivity index (χ1n) is 7.36. The van der Waals surface area contributed by atoms with Crippen LogP contribution >= 0.6 is 11.3 Å². The van der Waals surface area contributed by atoms with E-state index < -0.39 is 6.03 Å². The molecule has 0 radical (unpaired) electrons. The summed E-state index contributed by atoms with van der Waals surface area (Å²) in [5.74, 6) is -0.359. The number of hydrogen-bond donors (Lipinski definition) is 4. The van der Waals surface area contributed by atoms with E-state index in [-0.39, 0.29) is 5.91 Å². The van der Waals surface area contributed by atoms with Crippen LogP contribution in [0.25, 0.3) is 10.6 Å². The smallest absolute Gasteiger partial charge is 0.317 e. The van der Waals surface area contributed by atoms with E-state index in [0.717, 1.165) is 4.88 Å². The van der Waals surface area contributed by atoms with Crippen molar-refractivity contribution in [3.63, 3.8) is 0 Å². The summed E-state index contributed by atoms with van der Waals surface area (Å²) in [5, 5.41) is 8.56. The molecule has 8 heteroatoms. The second kappa shape index (κ2) is 7.45. The van der Waals surface area contributed by atoms with Gasteiger partial charge in [-0.2, -0.15) is 0 Å². The maximum Gasteiger partial charge on any atom is 0.317 e. The van der Waals surface area contributed by atoms with E-state index in [2.05, 4.69) is 20.9 Å². The zero-order chi connectivity index (χ0) is 17.6. The number of allylic oxidation sites excluding steroid dienone is 3. The zero-order valence-electron chi connectivity index (χ0n) is 13.0. The van der Waals surface area contributed by atoms with Crippen LogP contribution in [0.15, 0.2) is 66.8 Å². The van der Waals surface area contributed by atoms with Crippen LogP contribution in [0.5, 0.6) is 0 Å². The van der Waals surface area contributed by atoms with Crippen molar-refractivity contribution in [2.45, 2.75) is 0 Å². The van der Waals surface area contributed by atoms with E-state index in [1.165, 1.54) is 11.3 Å². The van der Waals surface area contributed by atoms with E-state index in [0.29, 0.717) is 22.0 Å². The standard InChI is InChI=1S/C17H15N5O2S/c18-17(24)22-16-12(9-14(25-16)13-6-2-4-8-20-13)15(23)21-11-5-1-3-7-19-10-11/h1-10,19H,(H,21,23)(H3,18,22,24). The molecule has 3 amide bonds. The van der Waals surface area contributed by atoms with Gasteiger partial charge in [-0.05, 0) is 30.4 Å². The lowest BCUT2D eigenvalue weighted by Gasteiger charge is -2.06. The molecule has 0 saturated heterocycles. The Kier molecular flexibility index (Phi) is 4.91. The maximum absolute atomic E-state index is 12.6. The highest BCUT2D eigenvalue weighted by Crippen LogP contribution is 2.34. The number of rotatable bonds is 4. The molecule has 2 aromatic heterocycles. The van der Waals surface area contributed by atoms with Gasteiger partial charge >= 0.3 is 6.03 Å². The number of pyridine rings is 1. The summed E-state index contributed by atoms with van der Waals surface area (Å²) >= 11 is 1.23. The molecule has 0 atom stereocenters. The second-order valence-corrected chi connectivity index (χ2v) is 6.05. The Morgan fingerprint density at radius 1 is 1.20 bits per heavy atom. The predicted octanol–water partition coefficient (Wildman–Crippen LogP) is 2.55. The van der Waals surface area contributed by atoms with Gasteiger partial charge in [0.25, 0.3) is 5.91 Å². The largest absolute Gasteiger partial charge is 0.366 e. The lowest BCUT2D eigenvalue weighted by molar-refractivity contribution is 0.0968. The van der Waals surface area contributed by atoms with Crippen molar-refractivity contribution in [2.24, 2.45) is 5.73 Å². The number of carbonyl (C=O) groups is 2. The van der Waals surface area contributed by atoms with Gasteiger partial charge in [0.15, 0.2) is 0 Å². The molecule has 0 aromatic carbocycles. The molecule has 3 heterocycles. The number of anilines is 1. The molecule has 0 spiro atoms. The average Bonchev–Trinajstić information content (AvgIpc) is 2.84. The quantitative estimate of drug-likeness (QED) is 0.677. The van der Waals surface area contributed by atoms with Crippen molar-refractivity contribution in [3.05, 3.63) is 72.4 Å². The Balaban J connectivity index is 1.90.